The van der Waals surface area contributed by atoms with Gasteiger partial charge in [-0.3, -0.25) is 4.79 Å². The molecule has 1 N–H and O–H groups in total. The summed E-state index contributed by atoms with van der Waals surface area (Å²) in [6.45, 7) is 1.89. The fourth-order valence-corrected chi connectivity index (χ4v) is 2.60. The van der Waals surface area contributed by atoms with Crippen molar-refractivity contribution < 1.29 is 4.79 Å². The van der Waals surface area contributed by atoms with Crippen LogP contribution in [0.1, 0.15) is 34.8 Å². The molecule has 0 saturated heterocycles. The van der Waals surface area contributed by atoms with Crippen LogP contribution >= 0.6 is 22.9 Å². The van der Waals surface area contributed by atoms with Crippen molar-refractivity contribution in [3.8, 4) is 0 Å². The predicted octanol–water partition coefficient (Wildman–Crippen LogP) is 2.34. The number of carbonyl (C=O) groups excluding carboxylic acids is 1. The van der Waals surface area contributed by atoms with Gasteiger partial charge in [0, 0.05) is 11.3 Å². The number of thiazole rings is 1. The third-order valence-electron chi connectivity index (χ3n) is 2.80. The molecular formula is C10H13ClN2OS. The molecule has 1 aromatic rings. The highest BCUT2D eigenvalue weighted by Crippen LogP contribution is 2.33. The highest BCUT2D eigenvalue weighted by molar-refractivity contribution is 7.09. The Hall–Kier alpha value is -0.610. The Morgan fingerprint density at radius 1 is 1.73 bits per heavy atom. The summed E-state index contributed by atoms with van der Waals surface area (Å²) in [5.41, 5.74) is 0.338. The molecule has 0 bridgehead atoms. The average molecular weight is 245 g/mol. The van der Waals surface area contributed by atoms with E-state index in [-0.39, 0.29) is 11.4 Å². The Kier molecular flexibility index (Phi) is 2.98. The highest BCUT2D eigenvalue weighted by atomic mass is 35.5. The lowest BCUT2D eigenvalue weighted by Crippen LogP contribution is -2.55. The monoisotopic (exact) mass is 244 g/mol. The smallest absolute Gasteiger partial charge is 0.271 e. The molecule has 0 radical (unpaired) electrons. The molecule has 1 aliphatic rings. The van der Waals surface area contributed by atoms with E-state index in [9.17, 15) is 4.79 Å². The number of nitrogens with one attached hydrogen (secondary N) is 1. The number of nitrogens with zero attached hydrogens (tertiary/aromatic N) is 1. The van der Waals surface area contributed by atoms with Crippen LogP contribution in [-0.2, 0) is 0 Å². The first-order valence-electron chi connectivity index (χ1n) is 4.96. The first kappa shape index (κ1) is 10.9. The Morgan fingerprint density at radius 3 is 2.87 bits per heavy atom. The van der Waals surface area contributed by atoms with Gasteiger partial charge in [-0.25, -0.2) is 4.98 Å². The lowest BCUT2D eigenvalue weighted by atomic mass is 9.78. The second-order valence-electron chi connectivity index (χ2n) is 3.97. The molecule has 82 valence electrons. The van der Waals surface area contributed by atoms with Crippen molar-refractivity contribution in [3.05, 3.63) is 16.1 Å². The summed E-state index contributed by atoms with van der Waals surface area (Å²) in [4.78, 5) is 16.0. The minimum absolute atomic E-state index is 0.0975. The van der Waals surface area contributed by atoms with E-state index in [1.54, 1.807) is 5.38 Å². The number of aryl methyl sites for hydroxylation is 1. The topological polar surface area (TPSA) is 42.0 Å². The van der Waals surface area contributed by atoms with Gasteiger partial charge in [0.25, 0.3) is 5.91 Å². The number of amides is 1. The van der Waals surface area contributed by atoms with Crippen LogP contribution in [0.25, 0.3) is 0 Å². The summed E-state index contributed by atoms with van der Waals surface area (Å²) in [5.74, 6) is 0.390. The van der Waals surface area contributed by atoms with E-state index in [4.69, 9.17) is 11.6 Å². The number of aromatic nitrogens is 1. The molecule has 1 amide bonds. The lowest BCUT2D eigenvalue weighted by Gasteiger charge is -2.40. The molecule has 15 heavy (non-hydrogen) atoms. The quantitative estimate of drug-likeness (QED) is 0.830. The van der Waals surface area contributed by atoms with E-state index in [0.29, 0.717) is 11.6 Å². The Balaban J connectivity index is 2.03. The Morgan fingerprint density at radius 2 is 2.47 bits per heavy atom. The lowest BCUT2D eigenvalue weighted by molar-refractivity contribution is 0.0849. The molecular weight excluding hydrogens is 232 g/mol. The third kappa shape index (κ3) is 2.16. The normalized spacial score (nSPS) is 18.3. The zero-order valence-corrected chi connectivity index (χ0v) is 10.1. The fourth-order valence-electron chi connectivity index (χ4n) is 1.67. The van der Waals surface area contributed by atoms with Gasteiger partial charge in [0.2, 0.25) is 0 Å². The molecule has 2 rings (SSSR count). The molecule has 0 aromatic carbocycles. The maximum Gasteiger partial charge on any atom is 0.271 e. The van der Waals surface area contributed by atoms with Gasteiger partial charge in [0.15, 0.2) is 0 Å². The van der Waals surface area contributed by atoms with Crippen molar-refractivity contribution >= 4 is 28.8 Å². The molecule has 1 aliphatic carbocycles. The van der Waals surface area contributed by atoms with Gasteiger partial charge in [0.1, 0.15) is 5.69 Å². The minimum atomic E-state index is -0.170. The van der Waals surface area contributed by atoms with Crippen LogP contribution in [-0.4, -0.2) is 22.3 Å². The molecule has 1 aromatic heterocycles. The molecule has 0 aliphatic heterocycles. The van der Waals surface area contributed by atoms with Gasteiger partial charge < -0.3 is 5.32 Å². The standard InChI is InChI=1S/C10H13ClN2OS/c1-7-12-8(5-15-7)9(14)13-10(6-11)3-2-4-10/h5H,2-4,6H2,1H3,(H,13,14). The average Bonchev–Trinajstić information content (AvgIpc) is 2.58. The molecule has 1 heterocycles. The van der Waals surface area contributed by atoms with Crippen LogP contribution in [0.5, 0.6) is 0 Å². The summed E-state index contributed by atoms with van der Waals surface area (Å²) < 4.78 is 0. The number of carbonyl (C=O) groups is 1. The number of hydrogen-bond acceptors (Lipinski definition) is 3. The van der Waals surface area contributed by atoms with E-state index >= 15 is 0 Å². The second kappa shape index (κ2) is 4.10. The summed E-state index contributed by atoms with van der Waals surface area (Å²) >= 11 is 7.35. The van der Waals surface area contributed by atoms with Crippen molar-refractivity contribution in [1.82, 2.24) is 10.3 Å². The zero-order valence-electron chi connectivity index (χ0n) is 8.55. The van der Waals surface area contributed by atoms with Crippen molar-refractivity contribution in [3.63, 3.8) is 0 Å². The van der Waals surface area contributed by atoms with E-state index in [2.05, 4.69) is 10.3 Å². The van der Waals surface area contributed by atoms with Crippen LogP contribution in [0, 0.1) is 6.92 Å². The van der Waals surface area contributed by atoms with E-state index in [0.717, 1.165) is 24.3 Å². The van der Waals surface area contributed by atoms with Crippen LogP contribution in [0.2, 0.25) is 0 Å². The van der Waals surface area contributed by atoms with Crippen molar-refractivity contribution in [2.75, 3.05) is 5.88 Å². The van der Waals surface area contributed by atoms with Crippen LogP contribution in [0.4, 0.5) is 0 Å². The number of hydrogen-bond donors (Lipinski definition) is 1. The maximum atomic E-state index is 11.8. The second-order valence-corrected chi connectivity index (χ2v) is 5.30. The molecule has 5 heteroatoms. The summed E-state index contributed by atoms with van der Waals surface area (Å²) in [7, 11) is 0. The number of alkyl halides is 1. The Bertz CT molecular complexity index is 368. The van der Waals surface area contributed by atoms with Crippen LogP contribution in [0.15, 0.2) is 5.38 Å². The summed E-state index contributed by atoms with van der Waals surface area (Å²) in [6, 6.07) is 0. The summed E-state index contributed by atoms with van der Waals surface area (Å²) in [6.07, 6.45) is 3.10. The first-order valence-corrected chi connectivity index (χ1v) is 6.37. The van der Waals surface area contributed by atoms with Gasteiger partial charge in [0.05, 0.1) is 10.5 Å². The first-order chi connectivity index (χ1) is 7.15. The van der Waals surface area contributed by atoms with E-state index < -0.39 is 0 Å². The molecule has 3 nitrogen and oxygen atoms in total. The molecule has 1 saturated carbocycles. The van der Waals surface area contributed by atoms with E-state index in [1.807, 2.05) is 6.92 Å². The number of rotatable bonds is 3. The van der Waals surface area contributed by atoms with Gasteiger partial charge >= 0.3 is 0 Å². The Labute approximate surface area is 97.9 Å². The number of halogens is 1. The van der Waals surface area contributed by atoms with Gasteiger partial charge in [-0.05, 0) is 26.2 Å². The largest absolute Gasteiger partial charge is 0.344 e. The van der Waals surface area contributed by atoms with Crippen LogP contribution in [0.3, 0.4) is 0 Å². The molecule has 0 atom stereocenters. The van der Waals surface area contributed by atoms with Gasteiger partial charge in [-0.15, -0.1) is 22.9 Å². The van der Waals surface area contributed by atoms with Gasteiger partial charge in [-0.2, -0.15) is 0 Å². The SMILES string of the molecule is Cc1nc(C(=O)NC2(CCl)CCC2)cs1. The van der Waals surface area contributed by atoms with E-state index in [1.165, 1.54) is 11.3 Å². The maximum absolute atomic E-state index is 11.8. The van der Waals surface area contributed by atoms with Crippen molar-refractivity contribution in [2.24, 2.45) is 0 Å². The van der Waals surface area contributed by atoms with Crippen molar-refractivity contribution in [2.45, 2.75) is 31.7 Å². The molecule has 0 spiro atoms. The minimum Gasteiger partial charge on any atom is -0.344 e. The summed E-state index contributed by atoms with van der Waals surface area (Å²) in [5, 5.41) is 5.68. The predicted molar refractivity (Wildman–Crippen MR) is 61.6 cm³/mol. The fraction of sp³-hybridized carbons (Fsp3) is 0.600. The molecule has 0 unspecified atom stereocenters. The molecule has 1 fully saturated rings. The van der Waals surface area contributed by atoms with Crippen LogP contribution < -0.4 is 5.32 Å². The third-order valence-corrected chi connectivity index (χ3v) is 4.08. The zero-order chi connectivity index (χ0) is 10.9. The van der Waals surface area contributed by atoms with Gasteiger partial charge in [-0.1, -0.05) is 0 Å². The highest BCUT2D eigenvalue weighted by Gasteiger charge is 2.37. The van der Waals surface area contributed by atoms with Crippen molar-refractivity contribution in [1.29, 1.82) is 0 Å².